The van der Waals surface area contributed by atoms with E-state index in [0.29, 0.717) is 0 Å². The van der Waals surface area contributed by atoms with Crippen molar-refractivity contribution in [3.63, 3.8) is 0 Å². The Morgan fingerprint density at radius 2 is 0.436 bits per heavy atom. The SMILES string of the molecule is CC(C)(C)c1ccc2c(c1)Oc1cc(N3c4ccccc4C4(c5ccccc5-c5ccccc54)c4ccccc43)cc3c1B2c1ccc(C(C)(C)C)cc1O3.CC(C)(C)c1ccc2c(c1)Oc1cc(N3c4ccccc4C4(c5ccccc5N(c5ccccc5)c5ccccc54)c4ccccc43)cc3c1B2c1ccc(C(C)(C)C)cc1O3. The summed E-state index contributed by atoms with van der Waals surface area (Å²) in [5.74, 6) is 6.98. The van der Waals surface area contributed by atoms with Crippen LogP contribution in [0.15, 0.2) is 322 Å². The molecule has 15 aromatic carbocycles. The van der Waals surface area contributed by atoms with Crippen LogP contribution >= 0.6 is 0 Å². The van der Waals surface area contributed by atoms with Crippen molar-refractivity contribution < 1.29 is 18.9 Å². The van der Waals surface area contributed by atoms with E-state index in [1.165, 1.54) is 111 Å². The van der Waals surface area contributed by atoms with Crippen LogP contribution in [0, 0.1) is 0 Å². The third kappa shape index (κ3) is 10.3. The van der Waals surface area contributed by atoms with Gasteiger partial charge in [0.1, 0.15) is 46.0 Å². The van der Waals surface area contributed by atoms with Crippen molar-refractivity contribution in [3.8, 4) is 57.1 Å². The Balaban J connectivity index is 0.000000143. The second kappa shape index (κ2) is 25.3. The van der Waals surface area contributed by atoms with Gasteiger partial charge < -0.3 is 33.6 Å². The number of rotatable bonds is 3. The van der Waals surface area contributed by atoms with Crippen LogP contribution in [0.4, 0.5) is 51.2 Å². The molecule has 7 nitrogen and oxygen atoms in total. The zero-order valence-electron chi connectivity index (χ0n) is 68.2. The molecule has 7 aliphatic heterocycles. The predicted octanol–water partition coefficient (Wildman–Crippen LogP) is 24.1. The van der Waals surface area contributed by atoms with Gasteiger partial charge in [0.25, 0.3) is 13.4 Å². The average Bonchev–Trinajstić information content (AvgIpc) is 1.67. The maximum atomic E-state index is 7.10. The molecule has 15 aromatic rings. The van der Waals surface area contributed by atoms with Crippen molar-refractivity contribution in [2.24, 2.45) is 0 Å². The van der Waals surface area contributed by atoms with E-state index < -0.39 is 10.8 Å². The second-order valence-electron chi connectivity index (χ2n) is 37.0. The van der Waals surface area contributed by atoms with Crippen LogP contribution in [0.25, 0.3) is 11.1 Å². The topological polar surface area (TPSA) is 46.6 Å². The van der Waals surface area contributed by atoms with Crippen LogP contribution in [-0.4, -0.2) is 13.4 Å². The molecule has 566 valence electrons. The molecule has 0 bridgehead atoms. The van der Waals surface area contributed by atoms with Gasteiger partial charge in [0.2, 0.25) is 0 Å². The first-order chi connectivity index (χ1) is 56.5. The van der Waals surface area contributed by atoms with E-state index in [-0.39, 0.29) is 35.1 Å². The van der Waals surface area contributed by atoms with Crippen LogP contribution in [0.3, 0.4) is 0 Å². The predicted molar refractivity (Wildman–Crippen MR) is 483 cm³/mol. The van der Waals surface area contributed by atoms with E-state index in [1.807, 2.05) is 0 Å². The zero-order chi connectivity index (χ0) is 79.6. The Morgan fingerprint density at radius 3 is 0.701 bits per heavy atom. The molecule has 0 saturated carbocycles. The Labute approximate surface area is 687 Å². The Bertz CT molecular complexity index is 6340. The second-order valence-corrected chi connectivity index (χ2v) is 37.0. The van der Waals surface area contributed by atoms with Crippen molar-refractivity contribution in [1.82, 2.24) is 0 Å². The van der Waals surface area contributed by atoms with E-state index in [0.717, 1.165) is 96.7 Å². The Morgan fingerprint density at radius 1 is 0.214 bits per heavy atom. The summed E-state index contributed by atoms with van der Waals surface area (Å²) < 4.78 is 28.3. The van der Waals surface area contributed by atoms with Gasteiger partial charge in [-0.2, -0.15) is 0 Å². The van der Waals surface area contributed by atoms with E-state index in [4.69, 9.17) is 18.9 Å². The van der Waals surface area contributed by atoms with Crippen molar-refractivity contribution in [3.05, 3.63) is 388 Å². The molecule has 8 aliphatic rings. The number of hydrogen-bond donors (Lipinski definition) is 0. The number of hydrogen-bond acceptors (Lipinski definition) is 7. The lowest BCUT2D eigenvalue weighted by Crippen LogP contribution is -2.57. The largest absolute Gasteiger partial charge is 0.458 e. The first-order valence-electron chi connectivity index (χ1n) is 41.4. The highest BCUT2D eigenvalue weighted by molar-refractivity contribution is 6.99. The smallest absolute Gasteiger partial charge is 0.260 e. The summed E-state index contributed by atoms with van der Waals surface area (Å²) in [5, 5.41) is 0. The highest BCUT2D eigenvalue weighted by Gasteiger charge is 2.55. The number of ether oxygens (including phenoxy) is 4. The molecule has 7 heterocycles. The molecule has 0 N–H and O–H groups in total. The molecule has 0 aromatic heterocycles. The van der Waals surface area contributed by atoms with Crippen LogP contribution < -0.4 is 66.4 Å². The molecule has 0 saturated heterocycles. The quantitative estimate of drug-likeness (QED) is 0.163. The van der Waals surface area contributed by atoms with E-state index in [1.54, 1.807) is 0 Å². The van der Waals surface area contributed by atoms with E-state index >= 15 is 0 Å². The molecule has 0 radical (unpaired) electrons. The first-order valence-corrected chi connectivity index (χ1v) is 41.4. The minimum absolute atomic E-state index is 0.00900. The summed E-state index contributed by atoms with van der Waals surface area (Å²) in [7, 11) is 0. The van der Waals surface area contributed by atoms with Gasteiger partial charge in [0, 0.05) is 40.9 Å². The molecular weight excluding hydrogens is 1420 g/mol. The average molecular weight is 1510 g/mol. The molecule has 0 atom stereocenters. The third-order valence-electron chi connectivity index (χ3n) is 26.2. The minimum atomic E-state index is -0.618. The fourth-order valence-corrected chi connectivity index (χ4v) is 20.6. The number of nitrogens with zero attached hydrogens (tertiary/aromatic N) is 3. The van der Waals surface area contributed by atoms with Crippen molar-refractivity contribution in [1.29, 1.82) is 0 Å². The van der Waals surface area contributed by atoms with Gasteiger partial charge in [-0.3, -0.25) is 0 Å². The molecule has 2 spiro atoms. The highest BCUT2D eigenvalue weighted by atomic mass is 16.5. The van der Waals surface area contributed by atoms with Crippen molar-refractivity contribution >= 4 is 97.4 Å². The van der Waals surface area contributed by atoms with Gasteiger partial charge in [0.05, 0.1) is 56.3 Å². The summed E-state index contributed by atoms with van der Waals surface area (Å²) in [4.78, 5) is 7.30. The lowest BCUT2D eigenvalue weighted by Gasteiger charge is -2.51. The molecule has 1 aliphatic carbocycles. The van der Waals surface area contributed by atoms with Crippen LogP contribution in [0.1, 0.15) is 150 Å². The fraction of sp³-hybridized carbons (Fsp3) is 0.167. The lowest BCUT2D eigenvalue weighted by molar-refractivity contribution is 0.461. The summed E-state index contributed by atoms with van der Waals surface area (Å²) in [6.07, 6.45) is 0. The standard InChI is InChI=1S/C57H47BN2O2.C51H42BNO2/c1-55(2,3)36-28-30-44-50(32-36)61-52-34-39(35-53-54(52)58(44)45-31-29-37(56(4,5)6)33-51(45)62-53)60-48-26-16-12-22-42(48)57(43-23-13-17-27-49(43)60)40-20-10-14-24-46(40)59(38-18-8-7-9-19-38)47-25-15-11-21-41(47)57;1-49(2,3)31-23-25-40-44(27-31)54-46-29-33(30-47-48(46)52(40)41-26-24-32(50(4,5)6)28-45(41)55-47)53-42-21-13-11-19-38(42)51(39-20-12-14-22-43(39)53)36-17-9-7-15-34(36)35-16-8-10-18-37(35)51/h7-35H,1-6H3;7-30H,1-6H3. The van der Waals surface area contributed by atoms with Crippen molar-refractivity contribution in [2.75, 3.05) is 14.7 Å². The molecule has 9 heteroatoms. The maximum absolute atomic E-state index is 7.10. The molecule has 0 unspecified atom stereocenters. The molecule has 0 fully saturated rings. The monoisotopic (exact) mass is 1510 g/mol. The normalized spacial score (nSPS) is 15.0. The molecule has 117 heavy (non-hydrogen) atoms. The Hall–Kier alpha value is -13.0. The summed E-state index contributed by atoms with van der Waals surface area (Å²) in [5.41, 5.74) is 33.3. The number of fused-ring (bicyclic) bond motifs is 25. The number of benzene rings is 15. The third-order valence-corrected chi connectivity index (χ3v) is 26.2. The van der Waals surface area contributed by atoms with Gasteiger partial charge in [0.15, 0.2) is 0 Å². The lowest BCUT2D eigenvalue weighted by atomic mass is 9.34. The van der Waals surface area contributed by atoms with Gasteiger partial charge in [-0.15, -0.1) is 0 Å². The first kappa shape index (κ1) is 70.6. The van der Waals surface area contributed by atoms with Crippen LogP contribution in [-0.2, 0) is 32.5 Å². The number of para-hydroxylation sites is 7. The molecule has 0 amide bonds. The van der Waals surface area contributed by atoms with Crippen molar-refractivity contribution in [2.45, 2.75) is 116 Å². The van der Waals surface area contributed by atoms with Gasteiger partial charge in [-0.1, -0.05) is 308 Å². The Kier molecular flexibility index (Phi) is 15.3. The minimum Gasteiger partial charge on any atom is -0.458 e. The summed E-state index contributed by atoms with van der Waals surface area (Å²) in [6, 6.07) is 119. The van der Waals surface area contributed by atoms with Gasteiger partial charge in [-0.25, -0.2) is 0 Å². The van der Waals surface area contributed by atoms with Crippen LogP contribution in [0.2, 0.25) is 0 Å². The molecule has 23 rings (SSSR count). The summed E-state index contributed by atoms with van der Waals surface area (Å²) in [6.45, 7) is 27.1. The highest BCUT2D eigenvalue weighted by Crippen LogP contribution is 2.67. The van der Waals surface area contributed by atoms with E-state index in [9.17, 15) is 0 Å². The van der Waals surface area contributed by atoms with Gasteiger partial charge in [-0.05, 0) is 194 Å². The molecular formula is C108H89B2N3O4. The zero-order valence-corrected chi connectivity index (χ0v) is 68.2. The van der Waals surface area contributed by atoms with Gasteiger partial charge >= 0.3 is 0 Å². The number of anilines is 9. The maximum Gasteiger partial charge on any atom is 0.260 e. The van der Waals surface area contributed by atoms with E-state index in [2.05, 4.69) is 419 Å². The van der Waals surface area contributed by atoms with Crippen LogP contribution in [0.5, 0.6) is 46.0 Å². The summed E-state index contributed by atoms with van der Waals surface area (Å²) >= 11 is 0. The fourth-order valence-electron chi connectivity index (χ4n) is 20.6.